The molecule has 0 bridgehead atoms. The van der Waals surface area contributed by atoms with Crippen LogP contribution in [0.5, 0.6) is 0 Å². The number of amides is 1. The number of rotatable bonds is 5. The summed E-state index contributed by atoms with van der Waals surface area (Å²) < 4.78 is 27.4. The van der Waals surface area contributed by atoms with Gasteiger partial charge in [-0.2, -0.15) is 4.31 Å². The Morgan fingerprint density at radius 2 is 1.90 bits per heavy atom. The van der Waals surface area contributed by atoms with Gasteiger partial charge in [-0.05, 0) is 46.7 Å². The number of carbonyl (C=O) groups is 1. The summed E-state index contributed by atoms with van der Waals surface area (Å²) in [5, 5.41) is 14.1. The molecule has 1 aliphatic rings. The Hall–Kier alpha value is -1.75. The average Bonchev–Trinajstić information content (AvgIpc) is 2.81. The van der Waals surface area contributed by atoms with Gasteiger partial charge in [0.25, 0.3) is 5.69 Å². The van der Waals surface area contributed by atoms with Crippen molar-refractivity contribution in [2.45, 2.75) is 44.6 Å². The molecule has 2 rings (SSSR count). The lowest BCUT2D eigenvalue weighted by molar-refractivity contribution is -0.385. The molecule has 0 atom stereocenters. The van der Waals surface area contributed by atoms with Crippen LogP contribution in [0.4, 0.5) is 5.69 Å². The molecule has 29 heavy (non-hydrogen) atoms. The molecule has 1 aromatic carbocycles. The second kappa shape index (κ2) is 8.95. The molecule has 162 valence electrons. The maximum Gasteiger partial charge on any atom is 0.275 e. The van der Waals surface area contributed by atoms with Crippen molar-refractivity contribution in [3.8, 4) is 0 Å². The number of halogens is 1. The van der Waals surface area contributed by atoms with Crippen molar-refractivity contribution < 1.29 is 18.1 Å². The fourth-order valence-electron chi connectivity index (χ4n) is 3.13. The molecular weight excluding hydrogens is 420 g/mol. The Morgan fingerprint density at radius 1 is 1.24 bits per heavy atom. The molecule has 1 aliphatic heterocycles. The van der Waals surface area contributed by atoms with E-state index < -0.39 is 14.9 Å². The smallest absolute Gasteiger partial charge is 0.275 e. The fourth-order valence-corrected chi connectivity index (χ4v) is 4.93. The van der Waals surface area contributed by atoms with Crippen LogP contribution in [0.2, 0.25) is 5.02 Å². The number of benzene rings is 1. The fraction of sp³-hybridized carbons (Fsp3) is 0.611. The summed E-state index contributed by atoms with van der Waals surface area (Å²) >= 11 is 6.03. The van der Waals surface area contributed by atoms with Gasteiger partial charge in [-0.3, -0.25) is 19.8 Å². The molecule has 0 aromatic heterocycles. The number of nitro benzene ring substituents is 1. The molecule has 1 heterocycles. The maximum atomic E-state index is 13.0. The molecule has 0 unspecified atom stereocenters. The van der Waals surface area contributed by atoms with Gasteiger partial charge in [-0.1, -0.05) is 11.6 Å². The Kier molecular flexibility index (Phi) is 7.26. The molecule has 0 saturated carbocycles. The molecule has 1 saturated heterocycles. The third kappa shape index (κ3) is 6.11. The number of nitrogens with zero attached hydrogens (tertiary/aromatic N) is 3. The minimum absolute atomic E-state index is 0.0353. The number of nitro groups is 1. The third-order valence-electron chi connectivity index (χ3n) is 4.55. The molecule has 0 aliphatic carbocycles. The Labute approximate surface area is 176 Å². The predicted molar refractivity (Wildman–Crippen MR) is 111 cm³/mol. The van der Waals surface area contributed by atoms with E-state index in [9.17, 15) is 23.3 Å². The summed E-state index contributed by atoms with van der Waals surface area (Å²) in [5.41, 5.74) is -0.438. The summed E-state index contributed by atoms with van der Waals surface area (Å²) in [6, 6.07) is 2.30. The zero-order valence-electron chi connectivity index (χ0n) is 17.1. The Balaban J connectivity index is 2.15. The zero-order valence-corrected chi connectivity index (χ0v) is 18.6. The van der Waals surface area contributed by atoms with Crippen molar-refractivity contribution in [2.24, 2.45) is 0 Å². The maximum absolute atomic E-state index is 13.0. The van der Waals surface area contributed by atoms with E-state index in [0.717, 1.165) is 6.07 Å². The minimum atomic E-state index is -3.94. The van der Waals surface area contributed by atoms with Gasteiger partial charge >= 0.3 is 0 Å². The highest BCUT2D eigenvalue weighted by Crippen LogP contribution is 2.31. The van der Waals surface area contributed by atoms with E-state index >= 15 is 0 Å². The zero-order chi connectivity index (χ0) is 22.0. The van der Waals surface area contributed by atoms with E-state index in [0.29, 0.717) is 19.5 Å². The van der Waals surface area contributed by atoms with E-state index in [4.69, 9.17) is 11.6 Å². The highest BCUT2D eigenvalue weighted by Gasteiger charge is 2.30. The van der Waals surface area contributed by atoms with Crippen LogP contribution in [0.15, 0.2) is 17.0 Å². The lowest BCUT2D eigenvalue weighted by Crippen LogP contribution is -2.46. The number of nitrogens with one attached hydrogen (secondary N) is 1. The van der Waals surface area contributed by atoms with Gasteiger partial charge in [0.1, 0.15) is 0 Å². The normalized spacial score (nSPS) is 17.0. The van der Waals surface area contributed by atoms with Crippen molar-refractivity contribution in [3.05, 3.63) is 32.8 Å². The van der Waals surface area contributed by atoms with Crippen LogP contribution in [0.25, 0.3) is 0 Å². The average molecular weight is 447 g/mol. The monoisotopic (exact) mass is 446 g/mol. The van der Waals surface area contributed by atoms with Crippen molar-refractivity contribution in [1.29, 1.82) is 0 Å². The van der Waals surface area contributed by atoms with E-state index in [2.05, 4.69) is 5.32 Å². The number of carbonyl (C=O) groups excluding carboxylic acids is 1. The number of sulfonamides is 1. The van der Waals surface area contributed by atoms with Gasteiger partial charge in [0.2, 0.25) is 15.9 Å². The summed E-state index contributed by atoms with van der Waals surface area (Å²) in [7, 11) is -3.94. The molecule has 1 N–H and O–H groups in total. The quantitative estimate of drug-likeness (QED) is 0.547. The van der Waals surface area contributed by atoms with Gasteiger partial charge in [0.05, 0.1) is 21.4 Å². The van der Waals surface area contributed by atoms with E-state index in [1.165, 1.54) is 17.3 Å². The molecule has 1 amide bonds. The molecule has 11 heteroatoms. The van der Waals surface area contributed by atoms with Crippen LogP contribution in [0, 0.1) is 17.0 Å². The molecular formula is C18H27ClN4O5S. The van der Waals surface area contributed by atoms with Crippen molar-refractivity contribution in [1.82, 2.24) is 14.5 Å². The first-order chi connectivity index (χ1) is 13.3. The topological polar surface area (TPSA) is 113 Å². The molecule has 1 aromatic rings. The van der Waals surface area contributed by atoms with Crippen LogP contribution in [-0.2, 0) is 14.8 Å². The summed E-state index contributed by atoms with van der Waals surface area (Å²) in [6.45, 7) is 8.77. The lowest BCUT2D eigenvalue weighted by Gasteiger charge is -2.25. The van der Waals surface area contributed by atoms with Crippen LogP contribution in [0.3, 0.4) is 0 Å². The highest BCUT2D eigenvalue weighted by atomic mass is 35.5. The Bertz CT molecular complexity index is 898. The standard InChI is InChI=1S/C18H27ClN4O5S/c1-13-15(19)10-14(11-16(13)23(25)26)29(27,28)22-7-5-6-21(8-9-22)12-17(24)20-18(2,3)4/h10-11H,5-9,12H2,1-4H3,(H,20,24). The first-order valence-electron chi connectivity index (χ1n) is 9.29. The third-order valence-corrected chi connectivity index (χ3v) is 6.82. The number of hydrogen-bond donors (Lipinski definition) is 1. The predicted octanol–water partition coefficient (Wildman–Crippen LogP) is 2.17. The van der Waals surface area contributed by atoms with Crippen molar-refractivity contribution in [2.75, 3.05) is 32.7 Å². The first-order valence-corrected chi connectivity index (χ1v) is 11.1. The summed E-state index contributed by atoms with van der Waals surface area (Å²) in [6.07, 6.45) is 0.545. The lowest BCUT2D eigenvalue weighted by atomic mass is 10.1. The summed E-state index contributed by atoms with van der Waals surface area (Å²) in [5.74, 6) is -0.116. The van der Waals surface area contributed by atoms with Crippen LogP contribution >= 0.6 is 11.6 Å². The SMILES string of the molecule is Cc1c(Cl)cc(S(=O)(=O)N2CCCN(CC(=O)NC(C)(C)C)CC2)cc1[N+](=O)[O-]. The van der Waals surface area contributed by atoms with Crippen molar-refractivity contribution in [3.63, 3.8) is 0 Å². The molecule has 9 nitrogen and oxygen atoms in total. The van der Waals surface area contributed by atoms with Gasteiger partial charge < -0.3 is 5.32 Å². The highest BCUT2D eigenvalue weighted by molar-refractivity contribution is 7.89. The second-order valence-electron chi connectivity index (χ2n) is 8.14. The van der Waals surface area contributed by atoms with Gasteiger partial charge in [-0.15, -0.1) is 0 Å². The van der Waals surface area contributed by atoms with Crippen LogP contribution < -0.4 is 5.32 Å². The molecule has 0 radical (unpaired) electrons. The van der Waals surface area contributed by atoms with E-state index in [1.807, 2.05) is 25.7 Å². The van der Waals surface area contributed by atoms with Gasteiger partial charge in [0.15, 0.2) is 0 Å². The summed E-state index contributed by atoms with van der Waals surface area (Å²) in [4.78, 5) is 24.4. The Morgan fingerprint density at radius 3 is 2.48 bits per heavy atom. The van der Waals surface area contributed by atoms with E-state index in [-0.39, 0.29) is 52.2 Å². The first kappa shape index (κ1) is 23.5. The van der Waals surface area contributed by atoms with Gasteiger partial charge in [-0.25, -0.2) is 8.42 Å². The largest absolute Gasteiger partial charge is 0.350 e. The molecule has 1 fully saturated rings. The van der Waals surface area contributed by atoms with Gasteiger partial charge in [0, 0.05) is 36.8 Å². The van der Waals surface area contributed by atoms with Crippen LogP contribution in [0.1, 0.15) is 32.8 Å². The van der Waals surface area contributed by atoms with Crippen molar-refractivity contribution >= 4 is 33.2 Å². The van der Waals surface area contributed by atoms with Crippen LogP contribution in [-0.4, -0.2) is 66.7 Å². The second-order valence-corrected chi connectivity index (χ2v) is 10.5. The van der Waals surface area contributed by atoms with E-state index in [1.54, 1.807) is 0 Å². The molecule has 0 spiro atoms. The minimum Gasteiger partial charge on any atom is -0.350 e. The number of hydrogen-bond acceptors (Lipinski definition) is 6.